The van der Waals surface area contributed by atoms with Crippen LogP contribution >= 0.6 is 15.9 Å². The van der Waals surface area contributed by atoms with E-state index >= 15 is 0 Å². The first-order valence-corrected chi connectivity index (χ1v) is 8.98. The molecule has 0 radical (unpaired) electrons. The average molecular weight is 430 g/mol. The zero-order chi connectivity index (χ0) is 18.7. The molecule has 0 aliphatic carbocycles. The summed E-state index contributed by atoms with van der Waals surface area (Å²) >= 11 is 3.42. The Kier molecular flexibility index (Phi) is 5.62. The van der Waals surface area contributed by atoms with E-state index in [1.54, 1.807) is 6.07 Å². The van der Waals surface area contributed by atoms with Gasteiger partial charge in [0.15, 0.2) is 0 Å². The first-order valence-electron chi connectivity index (χ1n) is 8.19. The van der Waals surface area contributed by atoms with Crippen LogP contribution in [0.2, 0.25) is 0 Å². The minimum absolute atomic E-state index is 0.00699. The van der Waals surface area contributed by atoms with Gasteiger partial charge in [-0.1, -0.05) is 28.1 Å². The molecular weight excluding hydrogens is 411 g/mol. The molecule has 2 aromatic rings. The summed E-state index contributed by atoms with van der Waals surface area (Å²) in [6, 6.07) is 8.85. The number of nitrogens with two attached hydrogens (primary N) is 1. The molecule has 0 atom stereocenters. The van der Waals surface area contributed by atoms with Crippen LogP contribution in [-0.2, 0) is 12.8 Å². The summed E-state index contributed by atoms with van der Waals surface area (Å²) in [5.74, 6) is -0.188. The van der Waals surface area contributed by atoms with Crippen molar-refractivity contribution < 1.29 is 17.9 Å². The van der Waals surface area contributed by atoms with Crippen LogP contribution in [-0.4, -0.2) is 26.2 Å². The largest absolute Gasteiger partial charge is 0.488 e. The molecule has 1 aliphatic rings. The van der Waals surface area contributed by atoms with Gasteiger partial charge in [-0.15, -0.1) is 0 Å². The van der Waals surface area contributed by atoms with Crippen molar-refractivity contribution >= 4 is 27.3 Å². The summed E-state index contributed by atoms with van der Waals surface area (Å²) in [6.07, 6.45) is -4.46. The van der Waals surface area contributed by atoms with Crippen LogP contribution in [0.5, 0.6) is 5.75 Å². The summed E-state index contributed by atoms with van der Waals surface area (Å²) in [5, 5.41) is 3.27. The second-order valence-corrected chi connectivity index (χ2v) is 6.88. The van der Waals surface area contributed by atoms with Gasteiger partial charge in [-0.3, -0.25) is 0 Å². The quantitative estimate of drug-likeness (QED) is 0.720. The second kappa shape index (κ2) is 7.75. The van der Waals surface area contributed by atoms with Crippen molar-refractivity contribution in [2.75, 3.05) is 36.8 Å². The molecule has 0 unspecified atom stereocenters. The van der Waals surface area contributed by atoms with Gasteiger partial charge in [-0.25, -0.2) is 0 Å². The fourth-order valence-electron chi connectivity index (χ4n) is 2.89. The van der Waals surface area contributed by atoms with Crippen LogP contribution < -0.4 is 20.7 Å². The normalized spacial score (nSPS) is 15.2. The molecule has 0 spiro atoms. The maximum absolute atomic E-state index is 13.1. The molecule has 26 heavy (non-hydrogen) atoms. The second-order valence-electron chi connectivity index (χ2n) is 6.02. The van der Waals surface area contributed by atoms with E-state index in [4.69, 9.17) is 10.5 Å². The number of hydrogen-bond donors (Lipinski definition) is 2. The Morgan fingerprint density at radius 2 is 1.85 bits per heavy atom. The number of alkyl halides is 3. The molecule has 2 aromatic carbocycles. The Balaban J connectivity index is 1.82. The highest BCUT2D eigenvalue weighted by Crippen LogP contribution is 2.37. The van der Waals surface area contributed by atoms with Crippen molar-refractivity contribution in [3.63, 3.8) is 0 Å². The number of anilines is 2. The number of piperazine rings is 1. The van der Waals surface area contributed by atoms with Gasteiger partial charge in [-0.05, 0) is 24.3 Å². The highest BCUT2D eigenvalue weighted by Gasteiger charge is 2.34. The Labute approximate surface area is 158 Å². The van der Waals surface area contributed by atoms with Gasteiger partial charge in [-0.2, -0.15) is 13.2 Å². The van der Waals surface area contributed by atoms with Gasteiger partial charge in [0.25, 0.3) is 0 Å². The van der Waals surface area contributed by atoms with Gasteiger partial charge in [0.1, 0.15) is 12.4 Å². The molecule has 0 saturated carbocycles. The van der Waals surface area contributed by atoms with Crippen LogP contribution in [0, 0.1) is 0 Å². The molecular formula is C18H19BrF3N3O. The van der Waals surface area contributed by atoms with E-state index in [1.165, 1.54) is 18.2 Å². The highest BCUT2D eigenvalue weighted by molar-refractivity contribution is 9.10. The number of nitrogens with zero attached hydrogens (tertiary/aromatic N) is 1. The predicted molar refractivity (Wildman–Crippen MR) is 99.4 cm³/mol. The lowest BCUT2D eigenvalue weighted by Gasteiger charge is -2.31. The number of halogens is 4. The van der Waals surface area contributed by atoms with Crippen LogP contribution in [0.25, 0.3) is 0 Å². The molecule has 8 heteroatoms. The molecule has 1 heterocycles. The maximum Gasteiger partial charge on any atom is 0.419 e. The van der Waals surface area contributed by atoms with Crippen molar-refractivity contribution in [3.05, 3.63) is 52.0 Å². The SMILES string of the molecule is Nc1cc(Br)c(COc2ccccc2C(F)(F)F)cc1N1CCNCC1. The summed E-state index contributed by atoms with van der Waals surface area (Å²) in [5.41, 5.74) is 7.58. The van der Waals surface area contributed by atoms with Gasteiger partial charge in [0.2, 0.25) is 0 Å². The van der Waals surface area contributed by atoms with Crippen LogP contribution in [0.4, 0.5) is 24.5 Å². The van der Waals surface area contributed by atoms with E-state index < -0.39 is 11.7 Å². The van der Waals surface area contributed by atoms with Crippen LogP contribution in [0.3, 0.4) is 0 Å². The van der Waals surface area contributed by atoms with E-state index in [0.29, 0.717) is 10.2 Å². The Hall–Kier alpha value is -1.93. The van der Waals surface area contributed by atoms with E-state index in [2.05, 4.69) is 26.1 Å². The zero-order valence-corrected chi connectivity index (χ0v) is 15.5. The van der Waals surface area contributed by atoms with E-state index in [0.717, 1.165) is 43.5 Å². The maximum atomic E-state index is 13.1. The third-order valence-corrected chi connectivity index (χ3v) is 4.97. The highest BCUT2D eigenvalue weighted by atomic mass is 79.9. The minimum Gasteiger partial charge on any atom is -0.488 e. The van der Waals surface area contributed by atoms with Crippen molar-refractivity contribution in [1.82, 2.24) is 5.32 Å². The smallest absolute Gasteiger partial charge is 0.419 e. The predicted octanol–water partition coefficient (Wildman–Crippen LogP) is 4.04. The molecule has 0 aromatic heterocycles. The number of benzene rings is 2. The lowest BCUT2D eigenvalue weighted by atomic mass is 10.1. The number of nitrogen functional groups attached to an aromatic ring is 1. The molecule has 1 saturated heterocycles. The van der Waals surface area contributed by atoms with Crippen molar-refractivity contribution in [2.24, 2.45) is 0 Å². The van der Waals surface area contributed by atoms with Gasteiger partial charge in [0.05, 0.1) is 16.9 Å². The third kappa shape index (κ3) is 4.24. The molecule has 0 amide bonds. The van der Waals surface area contributed by atoms with Crippen LogP contribution in [0.15, 0.2) is 40.9 Å². The van der Waals surface area contributed by atoms with E-state index in [9.17, 15) is 13.2 Å². The number of para-hydroxylation sites is 1. The number of nitrogens with one attached hydrogen (secondary N) is 1. The first kappa shape index (κ1) is 18.8. The Morgan fingerprint density at radius 1 is 1.15 bits per heavy atom. The molecule has 3 rings (SSSR count). The monoisotopic (exact) mass is 429 g/mol. The molecule has 3 N–H and O–H groups in total. The zero-order valence-electron chi connectivity index (χ0n) is 13.9. The van der Waals surface area contributed by atoms with Crippen LogP contribution in [0.1, 0.15) is 11.1 Å². The standard InChI is InChI=1S/C18H19BrF3N3O/c19-14-10-15(23)16(25-7-5-24-6-8-25)9-12(14)11-26-17-4-2-1-3-13(17)18(20,21)22/h1-4,9-10,24H,5-8,11,23H2. The summed E-state index contributed by atoms with van der Waals surface area (Å²) in [4.78, 5) is 2.16. The molecule has 4 nitrogen and oxygen atoms in total. The lowest BCUT2D eigenvalue weighted by Crippen LogP contribution is -2.43. The number of rotatable bonds is 4. The van der Waals surface area contributed by atoms with Gasteiger partial charge >= 0.3 is 6.18 Å². The fourth-order valence-corrected chi connectivity index (χ4v) is 3.37. The molecule has 0 bridgehead atoms. The summed E-state index contributed by atoms with van der Waals surface area (Å²) in [7, 11) is 0. The average Bonchev–Trinajstić information content (AvgIpc) is 2.61. The van der Waals surface area contributed by atoms with E-state index in [-0.39, 0.29) is 12.4 Å². The van der Waals surface area contributed by atoms with Gasteiger partial charge < -0.3 is 20.7 Å². The van der Waals surface area contributed by atoms with Crippen molar-refractivity contribution in [2.45, 2.75) is 12.8 Å². The summed E-state index contributed by atoms with van der Waals surface area (Å²) in [6.45, 7) is 3.37. The Bertz CT molecular complexity index is 777. The molecule has 1 fully saturated rings. The molecule has 1 aliphatic heterocycles. The van der Waals surface area contributed by atoms with E-state index in [1.807, 2.05) is 6.07 Å². The fraction of sp³-hybridized carbons (Fsp3) is 0.333. The number of ether oxygens (including phenoxy) is 1. The molecule has 140 valence electrons. The topological polar surface area (TPSA) is 50.5 Å². The number of hydrogen-bond acceptors (Lipinski definition) is 4. The first-order chi connectivity index (χ1) is 12.4. The van der Waals surface area contributed by atoms with Gasteiger partial charge in [0, 0.05) is 36.2 Å². The summed E-state index contributed by atoms with van der Waals surface area (Å²) < 4.78 is 45.5. The van der Waals surface area contributed by atoms with Crippen molar-refractivity contribution in [3.8, 4) is 5.75 Å². The van der Waals surface area contributed by atoms with Crippen molar-refractivity contribution in [1.29, 1.82) is 0 Å². The Morgan fingerprint density at radius 3 is 2.54 bits per heavy atom. The third-order valence-electron chi connectivity index (χ3n) is 4.23. The lowest BCUT2D eigenvalue weighted by molar-refractivity contribution is -0.139. The minimum atomic E-state index is -4.46.